The first kappa shape index (κ1) is 76.7. The first-order chi connectivity index (χ1) is 46.4. The minimum absolute atomic E-state index is 0.0675. The molecule has 0 aliphatic heterocycles. The quantitative estimate of drug-likeness (QED) is 0.0256. The van der Waals surface area contributed by atoms with Gasteiger partial charge in [-0.3, -0.25) is 62.3 Å². The number of thioether (sulfide) groups is 6. The van der Waals surface area contributed by atoms with E-state index < -0.39 is 118 Å². The van der Waals surface area contributed by atoms with E-state index in [0.29, 0.717) is 33.4 Å². The Morgan fingerprint density at radius 1 is 0.229 bits per heavy atom. The van der Waals surface area contributed by atoms with Gasteiger partial charge in [-0.25, -0.2) is 0 Å². The van der Waals surface area contributed by atoms with Gasteiger partial charge in [-0.2, -0.15) is 0 Å². The Kier molecular flexibility index (Phi) is 33.8. The molecule has 6 rings (SSSR count). The first-order valence-corrected chi connectivity index (χ1v) is 35.8. The fourth-order valence-electron chi connectivity index (χ4n) is 8.02. The van der Waals surface area contributed by atoms with Gasteiger partial charge in [0.2, 0.25) is 30.7 Å². The Morgan fingerprint density at radius 3 is 0.583 bits per heavy atom. The predicted octanol–water partition coefficient (Wildman–Crippen LogP) is 11.5. The number of ether oxygens (including phenoxy) is 7. The van der Waals surface area contributed by atoms with Crippen LogP contribution in [0.25, 0.3) is 0 Å². The van der Waals surface area contributed by atoms with Gasteiger partial charge in [-0.1, -0.05) is 253 Å². The highest BCUT2D eigenvalue weighted by atomic mass is 32.2. The Bertz CT molecular complexity index is 3210. The molecule has 0 spiro atoms. The van der Waals surface area contributed by atoms with Crippen LogP contribution in [0.1, 0.15) is 101 Å². The Morgan fingerprint density at radius 2 is 0.396 bits per heavy atom. The minimum atomic E-state index is -2.49. The molecule has 0 amide bonds. The number of carbonyl (C=O) groups is 13. The van der Waals surface area contributed by atoms with Crippen LogP contribution in [-0.4, -0.2) is 153 Å². The lowest BCUT2D eigenvalue weighted by Crippen LogP contribution is -2.50. The fourth-order valence-corrected chi connectivity index (χ4v) is 12.6. The number of carbonyl (C=O) groups excluding carboxylic acids is 13. The van der Waals surface area contributed by atoms with Gasteiger partial charge >= 0.3 is 41.8 Å². The van der Waals surface area contributed by atoms with Gasteiger partial charge in [0.25, 0.3) is 0 Å². The molecule has 0 fully saturated rings. The Balaban J connectivity index is 1.30. The zero-order valence-electron chi connectivity index (χ0n) is 51.9. The van der Waals surface area contributed by atoms with Crippen molar-refractivity contribution in [3.8, 4) is 0 Å². The van der Waals surface area contributed by atoms with E-state index in [9.17, 15) is 57.5 Å². The van der Waals surface area contributed by atoms with Gasteiger partial charge in [0, 0.05) is 67.9 Å². The molecular weight excluding hydrogens is 1350 g/mol. The number of esters is 7. The number of rotatable bonds is 39. The van der Waals surface area contributed by atoms with Crippen LogP contribution < -0.4 is 0 Å². The summed E-state index contributed by atoms with van der Waals surface area (Å²) in [7, 11) is 0. The van der Waals surface area contributed by atoms with Gasteiger partial charge in [0.1, 0.15) is 51.7 Å². The third-order valence-electron chi connectivity index (χ3n) is 13.4. The molecule has 504 valence electrons. The van der Waals surface area contributed by atoms with Crippen LogP contribution in [0.15, 0.2) is 182 Å². The van der Waals surface area contributed by atoms with E-state index in [1.165, 1.54) is 0 Å². The van der Waals surface area contributed by atoms with Crippen molar-refractivity contribution < 1.29 is 95.5 Å². The average Bonchev–Trinajstić information content (AvgIpc) is 0.863. The van der Waals surface area contributed by atoms with E-state index >= 15 is 4.79 Å². The van der Waals surface area contributed by atoms with Crippen LogP contribution in [0.3, 0.4) is 0 Å². The number of hydrogen-bond acceptors (Lipinski definition) is 26. The minimum Gasteiger partial charge on any atom is -0.465 e. The maximum atomic E-state index is 15.3. The summed E-state index contributed by atoms with van der Waals surface area (Å²) in [5.41, 5.74) is -2.33. The molecule has 6 aromatic carbocycles. The van der Waals surface area contributed by atoms with E-state index in [1.807, 2.05) is 0 Å². The van der Waals surface area contributed by atoms with E-state index in [4.69, 9.17) is 33.2 Å². The van der Waals surface area contributed by atoms with Crippen LogP contribution in [0, 0.1) is 10.8 Å². The standard InChI is InChI=1S/C70H68O20S6/c71-56(31-37-91-62(77)50-19-7-1-8-20-50)84-43-69(44-85-57(72)32-38-92-63(78)51-21-9-2-10-22-51,45-86-58(73)33-39-93-64(79)52-23-11-3-12-24-52)46-90-68(83)70(47-87-59(74)34-40-94-65(80)53-25-13-4-14-26-53,48-88-60(75)35-41-95-66(81)54-27-15-5-16-28-54)49-89-61(76)36-42-96-67(82)55-29-17-6-18-30-55/h1-30H,31-49H2. The van der Waals surface area contributed by atoms with Gasteiger partial charge in [-0.15, -0.1) is 0 Å². The highest BCUT2D eigenvalue weighted by Gasteiger charge is 2.47. The maximum Gasteiger partial charge on any atom is 0.322 e. The number of benzene rings is 6. The molecule has 0 N–H and O–H groups in total. The summed E-state index contributed by atoms with van der Waals surface area (Å²) in [4.78, 5) is 175. The van der Waals surface area contributed by atoms with Crippen LogP contribution in [0.5, 0.6) is 0 Å². The summed E-state index contributed by atoms with van der Waals surface area (Å²) in [5, 5.41) is -2.09. The second kappa shape index (κ2) is 42.3. The summed E-state index contributed by atoms with van der Waals surface area (Å²) in [6, 6.07) is 49.5. The third-order valence-corrected chi connectivity index (χ3v) is 18.8. The zero-order valence-corrected chi connectivity index (χ0v) is 56.8. The van der Waals surface area contributed by atoms with Crippen molar-refractivity contribution in [1.29, 1.82) is 0 Å². The molecule has 0 saturated carbocycles. The fraction of sp³-hybridized carbons (Fsp3) is 0.300. The van der Waals surface area contributed by atoms with Crippen molar-refractivity contribution in [3.05, 3.63) is 215 Å². The summed E-state index contributed by atoms with van der Waals surface area (Å²) < 4.78 is 40.4. The highest BCUT2D eigenvalue weighted by Crippen LogP contribution is 2.30. The maximum absolute atomic E-state index is 15.3. The van der Waals surface area contributed by atoms with Crippen LogP contribution in [0.4, 0.5) is 0 Å². The van der Waals surface area contributed by atoms with Gasteiger partial charge in [0.05, 0.1) is 38.5 Å². The highest BCUT2D eigenvalue weighted by molar-refractivity contribution is 8.15. The molecule has 0 bridgehead atoms. The zero-order chi connectivity index (χ0) is 68.8. The van der Waals surface area contributed by atoms with Crippen molar-refractivity contribution in [2.24, 2.45) is 10.8 Å². The lowest BCUT2D eigenvalue weighted by atomic mass is 9.89. The molecule has 6 aromatic rings. The molecule has 96 heavy (non-hydrogen) atoms. The van der Waals surface area contributed by atoms with Crippen LogP contribution in [-0.2, 0) is 66.7 Å². The number of hydrogen-bond donors (Lipinski definition) is 0. The van der Waals surface area contributed by atoms with Crippen molar-refractivity contribution in [2.75, 3.05) is 80.8 Å². The molecule has 0 saturated heterocycles. The topological polar surface area (TPSA) is 287 Å². The van der Waals surface area contributed by atoms with Crippen LogP contribution in [0.2, 0.25) is 0 Å². The predicted molar refractivity (Wildman–Crippen MR) is 369 cm³/mol. The monoisotopic (exact) mass is 1420 g/mol. The molecule has 0 aromatic heterocycles. The molecule has 0 radical (unpaired) electrons. The van der Waals surface area contributed by atoms with Crippen molar-refractivity contribution in [1.82, 2.24) is 0 Å². The first-order valence-electron chi connectivity index (χ1n) is 29.9. The Hall–Kier alpha value is -8.27. The molecule has 0 heterocycles. The SMILES string of the molecule is O=C(CCSC(=O)c1ccccc1)OCC(COC(=O)CCSC(=O)c1ccccc1)(COC(=O)CCSC(=O)c1ccccc1)COC(=O)C(COC(=O)CCSC(=O)c1ccccc1)(COC(=O)CCSC(=O)c1ccccc1)COC(=O)CCSC(=O)c1ccccc1. The molecule has 0 aliphatic rings. The molecule has 0 atom stereocenters. The smallest absolute Gasteiger partial charge is 0.322 e. The summed E-state index contributed by atoms with van der Waals surface area (Å²) in [6.45, 7) is -6.58. The average molecular weight is 1420 g/mol. The van der Waals surface area contributed by atoms with Crippen molar-refractivity contribution in [2.45, 2.75) is 38.5 Å². The summed E-state index contributed by atoms with van der Waals surface area (Å²) in [5.74, 6) is -7.53. The van der Waals surface area contributed by atoms with Gasteiger partial charge in [0.15, 0.2) is 5.41 Å². The second-order valence-corrected chi connectivity index (χ2v) is 27.2. The molecule has 26 heteroatoms. The largest absolute Gasteiger partial charge is 0.465 e. The molecule has 0 unspecified atom stereocenters. The molecule has 0 aliphatic carbocycles. The van der Waals surface area contributed by atoms with Crippen molar-refractivity contribution in [3.63, 3.8) is 0 Å². The Labute approximate surface area is 580 Å². The van der Waals surface area contributed by atoms with Crippen molar-refractivity contribution >= 4 is 143 Å². The molecule has 20 nitrogen and oxygen atoms in total. The third kappa shape index (κ3) is 28.2. The van der Waals surface area contributed by atoms with Gasteiger partial charge < -0.3 is 33.2 Å². The summed E-state index contributed by atoms with van der Waals surface area (Å²) in [6.07, 6.45) is -2.31. The lowest BCUT2D eigenvalue weighted by molar-refractivity contribution is -0.186. The summed E-state index contributed by atoms with van der Waals surface area (Å²) >= 11 is 4.91. The van der Waals surface area contributed by atoms with E-state index in [-0.39, 0.29) is 84.5 Å². The molecular formula is C70H68O20S6. The lowest BCUT2D eigenvalue weighted by Gasteiger charge is -2.34. The van der Waals surface area contributed by atoms with E-state index in [0.717, 1.165) is 70.6 Å². The van der Waals surface area contributed by atoms with E-state index in [2.05, 4.69) is 0 Å². The second-order valence-electron chi connectivity index (χ2n) is 20.8. The van der Waals surface area contributed by atoms with E-state index in [1.54, 1.807) is 182 Å². The van der Waals surface area contributed by atoms with Crippen LogP contribution >= 0.6 is 70.6 Å². The van der Waals surface area contributed by atoms with Gasteiger partial charge in [-0.05, 0) is 0 Å². The normalized spacial score (nSPS) is 11.0.